The fraction of sp³-hybridized carbons (Fsp3) is 0.333. The van der Waals surface area contributed by atoms with Gasteiger partial charge in [-0.3, -0.25) is 0 Å². The van der Waals surface area contributed by atoms with Crippen LogP contribution in [-0.2, 0) is 14.6 Å². The maximum absolute atomic E-state index is 11.4. The van der Waals surface area contributed by atoms with Crippen molar-refractivity contribution in [2.45, 2.75) is 18.9 Å². The van der Waals surface area contributed by atoms with Gasteiger partial charge in [-0.2, -0.15) is 0 Å². The topological polar surface area (TPSA) is 43.4 Å². The van der Waals surface area contributed by atoms with Crippen LogP contribution in [0, 0.1) is 0 Å². The van der Waals surface area contributed by atoms with Gasteiger partial charge in [0.15, 0.2) is 0 Å². The average molecular weight is 273 g/mol. The quantitative estimate of drug-likeness (QED) is 0.831. The molecule has 17 heavy (non-hydrogen) atoms. The Morgan fingerprint density at radius 3 is 2.53 bits per heavy atom. The fourth-order valence-electron chi connectivity index (χ4n) is 1.75. The van der Waals surface area contributed by atoms with Crippen molar-refractivity contribution in [3.8, 4) is 0 Å². The number of sulfone groups is 1. The first kappa shape index (κ1) is 12.5. The van der Waals surface area contributed by atoms with E-state index in [0.717, 1.165) is 18.2 Å². The van der Waals surface area contributed by atoms with Crippen LogP contribution in [0.4, 0.5) is 0 Å². The van der Waals surface area contributed by atoms with Crippen LogP contribution in [0.2, 0.25) is 5.02 Å². The predicted molar refractivity (Wildman–Crippen MR) is 67.4 cm³/mol. The molecule has 0 saturated carbocycles. The van der Waals surface area contributed by atoms with Gasteiger partial charge in [0.25, 0.3) is 0 Å². The molecule has 0 amide bonds. The normalized spacial score (nSPS) is 20.6. The third-order valence-corrected chi connectivity index (χ3v) is 3.85. The van der Waals surface area contributed by atoms with Crippen molar-refractivity contribution in [2.75, 3.05) is 6.26 Å². The number of ether oxygens (including phenoxy) is 1. The molecule has 1 aromatic carbocycles. The van der Waals surface area contributed by atoms with E-state index in [2.05, 4.69) is 0 Å². The van der Waals surface area contributed by atoms with E-state index < -0.39 is 9.84 Å². The Kier molecular flexibility index (Phi) is 3.45. The van der Waals surface area contributed by atoms with Gasteiger partial charge in [0.2, 0.25) is 14.9 Å². The molecular weight excluding hydrogens is 260 g/mol. The third kappa shape index (κ3) is 3.01. The van der Waals surface area contributed by atoms with Crippen LogP contribution in [0.25, 0.3) is 0 Å². The van der Waals surface area contributed by atoms with Gasteiger partial charge in [-0.25, -0.2) is 8.42 Å². The summed E-state index contributed by atoms with van der Waals surface area (Å²) in [5.74, 6) is 0. The lowest BCUT2D eigenvalue weighted by Crippen LogP contribution is -2.14. The summed E-state index contributed by atoms with van der Waals surface area (Å²) in [4.78, 5) is 0. The molecule has 1 atom stereocenters. The van der Waals surface area contributed by atoms with Crippen molar-refractivity contribution in [1.29, 1.82) is 0 Å². The Balaban J connectivity index is 2.21. The summed E-state index contributed by atoms with van der Waals surface area (Å²) >= 11 is 5.80. The molecule has 0 bridgehead atoms. The standard InChI is InChI=1S/C12H13ClO3S/c1-17(14,15)12-4-2-3-11(16-12)9-5-7-10(13)8-6-9/h4-8,11H,2-3H2,1H3. The van der Waals surface area contributed by atoms with Gasteiger partial charge in [0, 0.05) is 11.3 Å². The van der Waals surface area contributed by atoms with E-state index in [1.54, 1.807) is 18.2 Å². The highest BCUT2D eigenvalue weighted by molar-refractivity contribution is 7.94. The average Bonchev–Trinajstić information content (AvgIpc) is 2.29. The molecule has 0 aromatic heterocycles. The second-order valence-corrected chi connectivity index (χ2v) is 6.41. The van der Waals surface area contributed by atoms with Crippen LogP contribution in [0.1, 0.15) is 24.5 Å². The van der Waals surface area contributed by atoms with Gasteiger partial charge in [0.05, 0.1) is 0 Å². The maximum atomic E-state index is 11.4. The lowest BCUT2D eigenvalue weighted by Gasteiger charge is -2.24. The first-order valence-corrected chi connectivity index (χ1v) is 7.56. The van der Waals surface area contributed by atoms with E-state index in [-0.39, 0.29) is 11.2 Å². The molecule has 1 aliphatic heterocycles. The van der Waals surface area contributed by atoms with Gasteiger partial charge < -0.3 is 4.74 Å². The number of hydrogen-bond acceptors (Lipinski definition) is 3. The van der Waals surface area contributed by atoms with Crippen molar-refractivity contribution in [1.82, 2.24) is 0 Å². The molecule has 0 radical (unpaired) electrons. The molecule has 2 rings (SSSR count). The zero-order chi connectivity index (χ0) is 12.5. The smallest absolute Gasteiger partial charge is 0.208 e. The summed E-state index contributed by atoms with van der Waals surface area (Å²) in [5.41, 5.74) is 0.948. The van der Waals surface area contributed by atoms with Gasteiger partial charge >= 0.3 is 0 Å². The molecule has 0 fully saturated rings. The first-order chi connectivity index (χ1) is 7.97. The molecule has 0 spiro atoms. The number of allylic oxidation sites excluding steroid dienone is 1. The van der Waals surface area contributed by atoms with Crippen LogP contribution in [-0.4, -0.2) is 14.7 Å². The molecule has 5 heteroatoms. The van der Waals surface area contributed by atoms with Crippen molar-refractivity contribution in [2.24, 2.45) is 0 Å². The minimum absolute atomic E-state index is 0.0729. The van der Waals surface area contributed by atoms with Crippen molar-refractivity contribution >= 4 is 21.4 Å². The molecule has 0 aliphatic carbocycles. The fourth-order valence-corrected chi connectivity index (χ4v) is 2.59. The largest absolute Gasteiger partial charge is 0.475 e. The lowest BCUT2D eigenvalue weighted by atomic mass is 10.0. The summed E-state index contributed by atoms with van der Waals surface area (Å²) in [7, 11) is -3.26. The van der Waals surface area contributed by atoms with Crippen LogP contribution in [0.5, 0.6) is 0 Å². The molecule has 0 N–H and O–H groups in total. The summed E-state index contributed by atoms with van der Waals surface area (Å²) in [5, 5.41) is 0.729. The van der Waals surface area contributed by atoms with E-state index in [1.807, 2.05) is 12.1 Å². The van der Waals surface area contributed by atoms with E-state index in [0.29, 0.717) is 11.4 Å². The Labute approximate surface area is 106 Å². The van der Waals surface area contributed by atoms with Crippen LogP contribution < -0.4 is 0 Å². The molecule has 1 unspecified atom stereocenters. The van der Waals surface area contributed by atoms with Gasteiger partial charge in [-0.05, 0) is 36.6 Å². The van der Waals surface area contributed by atoms with E-state index in [4.69, 9.17) is 16.3 Å². The minimum Gasteiger partial charge on any atom is -0.475 e. The van der Waals surface area contributed by atoms with Crippen LogP contribution in [0.3, 0.4) is 0 Å². The molecule has 1 aliphatic rings. The Bertz CT molecular complexity index is 531. The zero-order valence-corrected chi connectivity index (χ0v) is 11.0. The highest BCUT2D eigenvalue weighted by atomic mass is 35.5. The second kappa shape index (κ2) is 4.70. The SMILES string of the molecule is CS(=O)(=O)C1=CCCC(c2ccc(Cl)cc2)O1. The van der Waals surface area contributed by atoms with Gasteiger partial charge in [-0.15, -0.1) is 0 Å². The highest BCUT2D eigenvalue weighted by Crippen LogP contribution is 2.32. The highest BCUT2D eigenvalue weighted by Gasteiger charge is 2.23. The van der Waals surface area contributed by atoms with E-state index >= 15 is 0 Å². The first-order valence-electron chi connectivity index (χ1n) is 5.29. The van der Waals surface area contributed by atoms with E-state index in [9.17, 15) is 8.42 Å². The van der Waals surface area contributed by atoms with Crippen LogP contribution >= 0.6 is 11.6 Å². The molecule has 3 nitrogen and oxygen atoms in total. The van der Waals surface area contributed by atoms with Gasteiger partial charge in [0.1, 0.15) is 6.10 Å². The van der Waals surface area contributed by atoms with Crippen molar-refractivity contribution in [3.63, 3.8) is 0 Å². The maximum Gasteiger partial charge on any atom is 0.208 e. The Hall–Kier alpha value is -1.00. The summed E-state index contributed by atoms with van der Waals surface area (Å²) in [6, 6.07) is 7.27. The Morgan fingerprint density at radius 2 is 1.94 bits per heavy atom. The predicted octanol–water partition coefficient (Wildman–Crippen LogP) is 3.08. The second-order valence-electron chi connectivity index (χ2n) is 4.03. The molecule has 92 valence electrons. The molecular formula is C12H13ClO3S. The molecule has 0 saturated heterocycles. The molecule has 1 aromatic rings. The van der Waals surface area contributed by atoms with Crippen molar-refractivity contribution in [3.05, 3.63) is 46.0 Å². The summed E-state index contributed by atoms with van der Waals surface area (Å²) in [6.07, 6.45) is 4.06. The minimum atomic E-state index is -3.26. The molecule has 1 heterocycles. The summed E-state index contributed by atoms with van der Waals surface area (Å²) in [6.45, 7) is 0. The number of halogens is 1. The lowest BCUT2D eigenvalue weighted by molar-refractivity contribution is 0.113. The number of hydrogen-bond donors (Lipinski definition) is 0. The van der Waals surface area contributed by atoms with Gasteiger partial charge in [-0.1, -0.05) is 23.7 Å². The Morgan fingerprint density at radius 1 is 1.29 bits per heavy atom. The number of benzene rings is 1. The number of rotatable bonds is 2. The monoisotopic (exact) mass is 272 g/mol. The third-order valence-electron chi connectivity index (χ3n) is 2.61. The van der Waals surface area contributed by atoms with Crippen LogP contribution in [0.15, 0.2) is 35.4 Å². The van der Waals surface area contributed by atoms with E-state index in [1.165, 1.54) is 0 Å². The van der Waals surface area contributed by atoms with Crippen molar-refractivity contribution < 1.29 is 13.2 Å². The summed E-state index contributed by atoms with van der Waals surface area (Å²) < 4.78 is 28.3. The zero-order valence-electron chi connectivity index (χ0n) is 9.39.